The molecule has 0 aliphatic heterocycles. The minimum absolute atomic E-state index is 0.0592. The van der Waals surface area contributed by atoms with E-state index in [0.717, 1.165) is 72.2 Å². The van der Waals surface area contributed by atoms with E-state index in [2.05, 4.69) is 260 Å². The largest absolute Gasteiger partial charge is 0.455 e. The molecular weight excluding hydrogens is 849 g/mol. The van der Waals surface area contributed by atoms with Gasteiger partial charge in [-0.25, -0.2) is 0 Å². The fourth-order valence-electron chi connectivity index (χ4n) is 11.6. The van der Waals surface area contributed by atoms with Crippen molar-refractivity contribution < 1.29 is 4.42 Å². The van der Waals surface area contributed by atoms with Crippen molar-refractivity contribution in [1.82, 2.24) is 4.57 Å². The second kappa shape index (κ2) is 15.6. The highest BCUT2D eigenvalue weighted by Gasteiger charge is 2.35. The molecule has 0 saturated heterocycles. The van der Waals surface area contributed by atoms with Crippen LogP contribution < -0.4 is 4.90 Å². The van der Waals surface area contributed by atoms with Crippen molar-refractivity contribution in [3.8, 4) is 50.2 Å². The number of hydrogen-bond acceptors (Lipinski definition) is 2. The van der Waals surface area contributed by atoms with Crippen molar-refractivity contribution in [2.45, 2.75) is 19.3 Å². The summed E-state index contributed by atoms with van der Waals surface area (Å²) in [6, 6.07) is 88.6. The molecule has 0 spiro atoms. The van der Waals surface area contributed by atoms with Gasteiger partial charge in [-0.2, -0.15) is 0 Å². The average molecular weight is 895 g/mol. The zero-order chi connectivity index (χ0) is 46.5. The molecule has 1 aliphatic rings. The molecule has 3 nitrogen and oxygen atoms in total. The van der Waals surface area contributed by atoms with Crippen LogP contribution in [0.5, 0.6) is 0 Å². The first-order valence-electron chi connectivity index (χ1n) is 24.2. The summed E-state index contributed by atoms with van der Waals surface area (Å²) in [5.74, 6) is 0. The third kappa shape index (κ3) is 6.15. The van der Waals surface area contributed by atoms with Gasteiger partial charge in [-0.3, -0.25) is 0 Å². The zero-order valence-corrected chi connectivity index (χ0v) is 38.9. The van der Waals surface area contributed by atoms with E-state index in [1.807, 2.05) is 6.07 Å². The lowest BCUT2D eigenvalue weighted by molar-refractivity contribution is 0.660. The van der Waals surface area contributed by atoms with Crippen LogP contribution in [0.15, 0.2) is 247 Å². The van der Waals surface area contributed by atoms with Crippen LogP contribution in [0.3, 0.4) is 0 Å². The molecule has 2 aromatic heterocycles. The van der Waals surface area contributed by atoms with E-state index < -0.39 is 0 Å². The van der Waals surface area contributed by atoms with Crippen molar-refractivity contribution in [1.29, 1.82) is 0 Å². The summed E-state index contributed by atoms with van der Waals surface area (Å²) < 4.78 is 8.93. The fourth-order valence-corrected chi connectivity index (χ4v) is 11.6. The summed E-state index contributed by atoms with van der Waals surface area (Å²) in [6.45, 7) is 4.70. The standard InChI is InChI=1S/C67H46N2O/c1-67(2)59-21-11-8-17-53(59)54-37-30-47(42-60(54)67)45-28-33-49(34-29-45)68(62-40-38-51(46-14-4-3-5-15-46)52-16-6-7-18-55(52)62)48-31-24-43(25-32-48)44-26-35-50(36-27-44)69-61-22-12-9-20-58(61)65-63(69)41-39-57-56-19-10-13-23-64(56)70-66(57)65/h3-42H,1-2H3. The molecule has 70 heavy (non-hydrogen) atoms. The first-order chi connectivity index (χ1) is 34.5. The number of para-hydroxylation sites is 2. The average Bonchev–Trinajstić information content (AvgIpc) is 4.04. The van der Waals surface area contributed by atoms with E-state index in [9.17, 15) is 0 Å². The van der Waals surface area contributed by atoms with Crippen LogP contribution in [-0.2, 0) is 5.41 Å². The summed E-state index contributed by atoms with van der Waals surface area (Å²) in [5.41, 5.74) is 21.1. The number of aromatic nitrogens is 1. The van der Waals surface area contributed by atoms with Crippen LogP contribution in [0.25, 0.3) is 105 Å². The van der Waals surface area contributed by atoms with E-state index in [0.29, 0.717) is 0 Å². The molecular formula is C67H46N2O. The van der Waals surface area contributed by atoms with E-state index in [4.69, 9.17) is 4.42 Å². The number of benzene rings is 11. The third-order valence-electron chi connectivity index (χ3n) is 15.0. The first kappa shape index (κ1) is 40.2. The minimum Gasteiger partial charge on any atom is -0.455 e. The Balaban J connectivity index is 0.843. The Morgan fingerprint density at radius 1 is 0.371 bits per heavy atom. The Bertz CT molecular complexity index is 4180. The Kier molecular flexibility index (Phi) is 8.93. The summed E-state index contributed by atoms with van der Waals surface area (Å²) in [7, 11) is 0. The number of hydrogen-bond donors (Lipinski definition) is 0. The van der Waals surface area contributed by atoms with E-state index in [1.165, 1.54) is 60.7 Å². The molecule has 0 saturated carbocycles. The van der Waals surface area contributed by atoms with Gasteiger partial charge in [-0.05, 0) is 134 Å². The number of fused-ring (bicyclic) bond motifs is 11. The number of furan rings is 1. The summed E-state index contributed by atoms with van der Waals surface area (Å²) in [6.07, 6.45) is 0. The highest BCUT2D eigenvalue weighted by atomic mass is 16.3. The lowest BCUT2D eigenvalue weighted by Gasteiger charge is -2.28. The zero-order valence-electron chi connectivity index (χ0n) is 38.9. The van der Waals surface area contributed by atoms with Gasteiger partial charge in [-0.15, -0.1) is 0 Å². The number of nitrogens with zero attached hydrogens (tertiary/aromatic N) is 2. The van der Waals surface area contributed by atoms with Crippen LogP contribution >= 0.6 is 0 Å². The summed E-state index contributed by atoms with van der Waals surface area (Å²) in [5, 5.41) is 7.02. The second-order valence-electron chi connectivity index (χ2n) is 19.2. The Morgan fingerprint density at radius 3 is 1.70 bits per heavy atom. The quantitative estimate of drug-likeness (QED) is 0.159. The highest BCUT2D eigenvalue weighted by molar-refractivity contribution is 6.24. The maximum absolute atomic E-state index is 6.56. The summed E-state index contributed by atoms with van der Waals surface area (Å²) >= 11 is 0. The lowest BCUT2D eigenvalue weighted by Crippen LogP contribution is -2.14. The maximum atomic E-state index is 6.56. The van der Waals surface area contributed by atoms with Crippen molar-refractivity contribution in [2.75, 3.05) is 4.90 Å². The molecule has 0 fully saturated rings. The van der Waals surface area contributed by atoms with Crippen molar-refractivity contribution in [3.63, 3.8) is 0 Å². The number of anilines is 3. The Morgan fingerprint density at radius 2 is 0.943 bits per heavy atom. The van der Waals surface area contributed by atoms with Crippen LogP contribution in [0, 0.1) is 0 Å². The monoisotopic (exact) mass is 894 g/mol. The maximum Gasteiger partial charge on any atom is 0.145 e. The molecule has 2 heterocycles. The van der Waals surface area contributed by atoms with Crippen molar-refractivity contribution in [3.05, 3.63) is 254 Å². The predicted molar refractivity (Wildman–Crippen MR) is 294 cm³/mol. The molecule has 0 atom stereocenters. The topological polar surface area (TPSA) is 21.3 Å². The smallest absolute Gasteiger partial charge is 0.145 e. The van der Waals surface area contributed by atoms with Crippen LogP contribution in [0.1, 0.15) is 25.0 Å². The van der Waals surface area contributed by atoms with Crippen molar-refractivity contribution in [2.24, 2.45) is 0 Å². The van der Waals surface area contributed by atoms with Gasteiger partial charge in [0.1, 0.15) is 11.2 Å². The van der Waals surface area contributed by atoms with Gasteiger partial charge in [0.05, 0.1) is 22.1 Å². The van der Waals surface area contributed by atoms with E-state index >= 15 is 0 Å². The van der Waals surface area contributed by atoms with Gasteiger partial charge >= 0.3 is 0 Å². The molecule has 0 N–H and O–H groups in total. The Labute approximate surface area is 406 Å². The molecule has 330 valence electrons. The highest BCUT2D eigenvalue weighted by Crippen LogP contribution is 2.50. The molecule has 0 bridgehead atoms. The van der Waals surface area contributed by atoms with Crippen LogP contribution in [0.2, 0.25) is 0 Å². The van der Waals surface area contributed by atoms with E-state index in [1.54, 1.807) is 0 Å². The predicted octanol–water partition coefficient (Wildman–Crippen LogP) is 18.6. The summed E-state index contributed by atoms with van der Waals surface area (Å²) in [4.78, 5) is 2.41. The van der Waals surface area contributed by atoms with Gasteiger partial charge in [0.2, 0.25) is 0 Å². The normalized spacial score (nSPS) is 12.8. The van der Waals surface area contributed by atoms with Crippen molar-refractivity contribution >= 4 is 71.6 Å². The minimum atomic E-state index is -0.0592. The molecule has 14 rings (SSSR count). The van der Waals surface area contributed by atoms with Gasteiger partial charge in [0, 0.05) is 44.0 Å². The second-order valence-corrected chi connectivity index (χ2v) is 19.2. The van der Waals surface area contributed by atoms with Crippen LogP contribution in [0.4, 0.5) is 17.1 Å². The number of rotatable bonds is 7. The molecule has 0 amide bonds. The molecule has 1 aliphatic carbocycles. The molecule has 3 heteroatoms. The van der Waals surface area contributed by atoms with Gasteiger partial charge < -0.3 is 13.9 Å². The molecule has 0 unspecified atom stereocenters. The molecule has 11 aromatic carbocycles. The third-order valence-corrected chi connectivity index (χ3v) is 15.0. The van der Waals surface area contributed by atoms with Gasteiger partial charge in [0.15, 0.2) is 0 Å². The fraction of sp³-hybridized carbons (Fsp3) is 0.0448. The SMILES string of the molecule is CC1(C)c2ccccc2-c2ccc(-c3ccc(N(c4ccc(-c5ccc(-n6c7ccccc7c7c8oc9ccccc9c8ccc76)cc5)cc4)c4ccc(-c5ccccc5)c5ccccc45)cc3)cc21. The molecule has 13 aromatic rings. The van der Waals surface area contributed by atoms with E-state index in [-0.39, 0.29) is 5.41 Å². The van der Waals surface area contributed by atoms with Gasteiger partial charge in [0.25, 0.3) is 0 Å². The van der Waals surface area contributed by atoms with Crippen LogP contribution in [-0.4, -0.2) is 4.57 Å². The Hall–Kier alpha value is -8.92. The molecule has 0 radical (unpaired) electrons. The lowest BCUT2D eigenvalue weighted by atomic mass is 9.81. The van der Waals surface area contributed by atoms with Gasteiger partial charge in [-0.1, -0.05) is 184 Å². The first-order valence-corrected chi connectivity index (χ1v) is 24.2.